The standard InChI is InChI=1S/C23H29N5O2S/c1-4-28-19(14-27-13-9-5-6-12-20(27)29)25-26-23(28)31-16(3)22(30)21-15(2)24-18-11-8-7-10-17(18)21/h7-8,10-11,16,24H,4-6,9,12-14H2,1-3H3/t16-/m0/s1. The molecule has 1 aliphatic heterocycles. The fourth-order valence-electron chi connectivity index (χ4n) is 4.23. The van der Waals surface area contributed by atoms with Crippen LogP contribution in [0.3, 0.4) is 0 Å². The first-order valence-corrected chi connectivity index (χ1v) is 11.9. The monoisotopic (exact) mass is 439 g/mol. The van der Waals surface area contributed by atoms with Crippen molar-refractivity contribution in [2.75, 3.05) is 6.54 Å². The average molecular weight is 440 g/mol. The molecule has 4 rings (SSSR count). The normalized spacial score (nSPS) is 16.0. The maximum absolute atomic E-state index is 13.3. The van der Waals surface area contributed by atoms with Crippen LogP contribution in [0.4, 0.5) is 0 Å². The highest BCUT2D eigenvalue weighted by Crippen LogP contribution is 2.30. The molecule has 1 atom stereocenters. The summed E-state index contributed by atoms with van der Waals surface area (Å²) in [6, 6.07) is 7.88. The Kier molecular flexibility index (Phi) is 6.46. The van der Waals surface area contributed by atoms with Crippen LogP contribution in [-0.4, -0.2) is 48.1 Å². The molecule has 164 valence electrons. The van der Waals surface area contributed by atoms with Crippen molar-refractivity contribution in [3.63, 3.8) is 0 Å². The zero-order valence-corrected chi connectivity index (χ0v) is 19.2. The number of fused-ring (bicyclic) bond motifs is 1. The minimum atomic E-state index is -0.305. The number of hydrogen-bond acceptors (Lipinski definition) is 5. The number of aryl methyl sites for hydroxylation is 1. The van der Waals surface area contributed by atoms with E-state index in [0.717, 1.165) is 58.9 Å². The van der Waals surface area contributed by atoms with Crippen molar-refractivity contribution in [3.05, 3.63) is 41.3 Å². The Bertz CT molecular complexity index is 1100. The molecular formula is C23H29N5O2S. The Labute approximate surface area is 186 Å². The van der Waals surface area contributed by atoms with Gasteiger partial charge < -0.3 is 14.5 Å². The van der Waals surface area contributed by atoms with Gasteiger partial charge >= 0.3 is 0 Å². The summed E-state index contributed by atoms with van der Waals surface area (Å²) in [5.74, 6) is 1.05. The third kappa shape index (κ3) is 4.39. The first kappa shape index (κ1) is 21.6. The van der Waals surface area contributed by atoms with E-state index in [-0.39, 0.29) is 16.9 Å². The Morgan fingerprint density at radius 3 is 2.84 bits per heavy atom. The number of benzene rings is 1. The molecule has 1 fully saturated rings. The van der Waals surface area contributed by atoms with Gasteiger partial charge in [-0.1, -0.05) is 36.4 Å². The van der Waals surface area contributed by atoms with Gasteiger partial charge in [0.05, 0.1) is 11.8 Å². The zero-order valence-electron chi connectivity index (χ0n) is 18.4. The van der Waals surface area contributed by atoms with Crippen LogP contribution >= 0.6 is 11.8 Å². The van der Waals surface area contributed by atoms with Crippen LogP contribution in [0.5, 0.6) is 0 Å². The number of aromatic nitrogens is 4. The first-order chi connectivity index (χ1) is 15.0. The van der Waals surface area contributed by atoms with Gasteiger partial charge in [0.15, 0.2) is 16.8 Å². The Hall–Kier alpha value is -2.61. The van der Waals surface area contributed by atoms with E-state index in [1.54, 1.807) is 0 Å². The number of rotatable bonds is 7. The molecule has 2 aromatic heterocycles. The summed E-state index contributed by atoms with van der Waals surface area (Å²) in [7, 11) is 0. The Balaban J connectivity index is 1.53. The van der Waals surface area contributed by atoms with Crippen molar-refractivity contribution in [3.8, 4) is 0 Å². The topological polar surface area (TPSA) is 83.9 Å². The highest BCUT2D eigenvalue weighted by atomic mass is 32.2. The van der Waals surface area contributed by atoms with Crippen molar-refractivity contribution < 1.29 is 9.59 Å². The lowest BCUT2D eigenvalue weighted by Crippen LogP contribution is -2.31. The molecular weight excluding hydrogens is 410 g/mol. The van der Waals surface area contributed by atoms with E-state index in [0.29, 0.717) is 19.5 Å². The molecule has 1 aliphatic rings. The SMILES string of the molecule is CCn1c(CN2CCCCCC2=O)nnc1S[C@@H](C)C(=O)c1c(C)[nH]c2ccccc12. The lowest BCUT2D eigenvalue weighted by atomic mass is 10.1. The fourth-order valence-corrected chi connectivity index (χ4v) is 5.22. The number of ketones is 1. The number of thioether (sulfide) groups is 1. The number of likely N-dealkylation sites (tertiary alicyclic amines) is 1. The van der Waals surface area contributed by atoms with Gasteiger partial charge in [0.25, 0.3) is 0 Å². The van der Waals surface area contributed by atoms with Crippen LogP contribution in [0.2, 0.25) is 0 Å². The third-order valence-electron chi connectivity index (χ3n) is 5.90. The summed E-state index contributed by atoms with van der Waals surface area (Å²) in [6.45, 7) is 7.84. The third-order valence-corrected chi connectivity index (χ3v) is 6.99. The summed E-state index contributed by atoms with van der Waals surface area (Å²) >= 11 is 1.43. The quantitative estimate of drug-likeness (QED) is 0.437. The maximum atomic E-state index is 13.3. The predicted octanol–water partition coefficient (Wildman–Crippen LogP) is 4.35. The van der Waals surface area contributed by atoms with Crippen molar-refractivity contribution in [1.82, 2.24) is 24.6 Å². The van der Waals surface area contributed by atoms with Gasteiger partial charge in [0.1, 0.15) is 0 Å². The van der Waals surface area contributed by atoms with Gasteiger partial charge in [-0.05, 0) is 39.7 Å². The van der Waals surface area contributed by atoms with E-state index in [4.69, 9.17) is 0 Å². The summed E-state index contributed by atoms with van der Waals surface area (Å²) in [6.07, 6.45) is 3.70. The number of carbonyl (C=O) groups is 2. The molecule has 0 bridgehead atoms. The van der Waals surface area contributed by atoms with Gasteiger partial charge in [-0.15, -0.1) is 10.2 Å². The van der Waals surface area contributed by atoms with Gasteiger partial charge in [0, 0.05) is 41.7 Å². The van der Waals surface area contributed by atoms with Crippen LogP contribution in [0.1, 0.15) is 61.4 Å². The van der Waals surface area contributed by atoms with Gasteiger partial charge in [0.2, 0.25) is 5.91 Å². The number of nitrogens with zero attached hydrogens (tertiary/aromatic N) is 4. The molecule has 3 heterocycles. The molecule has 3 aromatic rings. The van der Waals surface area contributed by atoms with E-state index in [9.17, 15) is 9.59 Å². The summed E-state index contributed by atoms with van der Waals surface area (Å²) in [4.78, 5) is 30.9. The minimum Gasteiger partial charge on any atom is -0.358 e. The number of H-pyrrole nitrogens is 1. The van der Waals surface area contributed by atoms with Crippen LogP contribution in [0, 0.1) is 6.92 Å². The van der Waals surface area contributed by atoms with Gasteiger partial charge in [-0.3, -0.25) is 9.59 Å². The lowest BCUT2D eigenvalue weighted by Gasteiger charge is -2.20. The largest absolute Gasteiger partial charge is 0.358 e. The molecule has 8 heteroatoms. The molecule has 31 heavy (non-hydrogen) atoms. The van der Waals surface area contributed by atoms with Crippen LogP contribution in [0.15, 0.2) is 29.4 Å². The average Bonchev–Trinajstić information content (AvgIpc) is 3.22. The van der Waals surface area contributed by atoms with E-state index < -0.39 is 0 Å². The highest BCUT2D eigenvalue weighted by molar-refractivity contribution is 8.00. The minimum absolute atomic E-state index is 0.0786. The zero-order chi connectivity index (χ0) is 22.0. The molecule has 0 unspecified atom stereocenters. The highest BCUT2D eigenvalue weighted by Gasteiger charge is 2.26. The van der Waals surface area contributed by atoms with Crippen LogP contribution < -0.4 is 0 Å². The second-order valence-electron chi connectivity index (χ2n) is 8.06. The van der Waals surface area contributed by atoms with Crippen molar-refractivity contribution in [2.24, 2.45) is 0 Å². The number of nitrogens with one attached hydrogen (secondary N) is 1. The molecule has 1 N–H and O–H groups in total. The number of aromatic amines is 1. The van der Waals surface area contributed by atoms with Crippen molar-refractivity contribution in [1.29, 1.82) is 0 Å². The number of Topliss-reactive ketones (excluding diaryl/α,β-unsaturated/α-hetero) is 1. The fraction of sp³-hybridized carbons (Fsp3) is 0.478. The number of hydrogen-bond donors (Lipinski definition) is 1. The van der Waals surface area contributed by atoms with Crippen molar-refractivity contribution >= 4 is 34.4 Å². The number of para-hydroxylation sites is 1. The summed E-state index contributed by atoms with van der Waals surface area (Å²) in [5, 5.41) is 10.1. The van der Waals surface area contributed by atoms with Crippen LogP contribution in [-0.2, 0) is 17.9 Å². The van der Waals surface area contributed by atoms with E-state index in [1.807, 2.05) is 54.5 Å². The second-order valence-corrected chi connectivity index (χ2v) is 9.37. The van der Waals surface area contributed by atoms with Crippen LogP contribution in [0.25, 0.3) is 10.9 Å². The molecule has 0 aliphatic carbocycles. The predicted molar refractivity (Wildman–Crippen MR) is 122 cm³/mol. The molecule has 1 aromatic carbocycles. The summed E-state index contributed by atoms with van der Waals surface area (Å²) < 4.78 is 2.02. The molecule has 1 amide bonds. The van der Waals surface area contributed by atoms with Crippen molar-refractivity contribution in [2.45, 2.75) is 70.0 Å². The molecule has 0 spiro atoms. The first-order valence-electron chi connectivity index (χ1n) is 11.0. The smallest absolute Gasteiger partial charge is 0.222 e. The molecule has 0 radical (unpaired) electrons. The molecule has 0 saturated carbocycles. The van der Waals surface area contributed by atoms with Gasteiger partial charge in [-0.25, -0.2) is 0 Å². The van der Waals surface area contributed by atoms with E-state index in [1.165, 1.54) is 11.8 Å². The number of carbonyl (C=O) groups excluding carboxylic acids is 2. The second kappa shape index (κ2) is 9.26. The number of amides is 1. The van der Waals surface area contributed by atoms with E-state index in [2.05, 4.69) is 15.2 Å². The Morgan fingerprint density at radius 2 is 2.03 bits per heavy atom. The summed E-state index contributed by atoms with van der Waals surface area (Å²) in [5.41, 5.74) is 2.60. The van der Waals surface area contributed by atoms with E-state index >= 15 is 0 Å². The molecule has 1 saturated heterocycles. The Morgan fingerprint density at radius 1 is 1.23 bits per heavy atom. The lowest BCUT2D eigenvalue weighted by molar-refractivity contribution is -0.131. The van der Waals surface area contributed by atoms with Gasteiger partial charge in [-0.2, -0.15) is 0 Å². The maximum Gasteiger partial charge on any atom is 0.222 e. The molecule has 7 nitrogen and oxygen atoms in total.